The lowest BCUT2D eigenvalue weighted by molar-refractivity contribution is 0.0592. The van der Waals surface area contributed by atoms with Crippen LogP contribution in [0.5, 0.6) is 0 Å². The van der Waals surface area contributed by atoms with Gasteiger partial charge in [0.1, 0.15) is 5.69 Å². The van der Waals surface area contributed by atoms with Gasteiger partial charge in [0.15, 0.2) is 5.13 Å². The highest BCUT2D eigenvalue weighted by Gasteiger charge is 2.29. The van der Waals surface area contributed by atoms with Crippen LogP contribution in [0.1, 0.15) is 27.7 Å². The van der Waals surface area contributed by atoms with Crippen molar-refractivity contribution in [3.8, 4) is 0 Å². The van der Waals surface area contributed by atoms with Crippen LogP contribution in [0.3, 0.4) is 0 Å². The van der Waals surface area contributed by atoms with E-state index in [4.69, 9.17) is 0 Å². The molecule has 0 spiro atoms. The SMILES string of the molecule is O=C(c1csc(Nc2ccccc2)n1)N1CCN(C(c2ccccc2)c2ccccc2)CC1. The molecule has 1 aliphatic rings. The van der Waals surface area contributed by atoms with Crippen molar-refractivity contribution in [3.63, 3.8) is 0 Å². The van der Waals surface area contributed by atoms with Crippen molar-refractivity contribution in [1.29, 1.82) is 0 Å². The molecule has 1 fully saturated rings. The molecule has 33 heavy (non-hydrogen) atoms. The van der Waals surface area contributed by atoms with Gasteiger partial charge in [-0.15, -0.1) is 11.3 Å². The summed E-state index contributed by atoms with van der Waals surface area (Å²) in [5, 5.41) is 5.85. The van der Waals surface area contributed by atoms with Crippen LogP contribution >= 0.6 is 11.3 Å². The summed E-state index contributed by atoms with van der Waals surface area (Å²) in [6.45, 7) is 3.01. The van der Waals surface area contributed by atoms with Gasteiger partial charge >= 0.3 is 0 Å². The molecular formula is C27H26N4OS. The minimum absolute atomic E-state index is 0.00276. The fourth-order valence-corrected chi connectivity index (χ4v) is 5.01. The second-order valence-corrected chi connectivity index (χ2v) is 8.94. The molecule has 5 rings (SSSR count). The van der Waals surface area contributed by atoms with Crippen molar-refractivity contribution in [1.82, 2.24) is 14.8 Å². The molecule has 0 atom stereocenters. The van der Waals surface area contributed by atoms with Gasteiger partial charge in [-0.2, -0.15) is 0 Å². The topological polar surface area (TPSA) is 48.5 Å². The normalized spacial score (nSPS) is 14.4. The van der Waals surface area contributed by atoms with Crippen LogP contribution < -0.4 is 5.32 Å². The Bertz CT molecular complexity index is 1130. The summed E-state index contributed by atoms with van der Waals surface area (Å²) >= 11 is 1.46. The number of anilines is 2. The molecule has 0 saturated carbocycles. The summed E-state index contributed by atoms with van der Waals surface area (Å²) in [5.74, 6) is 0.00276. The van der Waals surface area contributed by atoms with Crippen molar-refractivity contribution >= 4 is 28.1 Å². The zero-order valence-corrected chi connectivity index (χ0v) is 19.1. The van der Waals surface area contributed by atoms with Gasteiger partial charge < -0.3 is 10.2 Å². The second-order valence-electron chi connectivity index (χ2n) is 8.08. The number of benzene rings is 3. The van der Waals surface area contributed by atoms with E-state index in [9.17, 15) is 4.79 Å². The van der Waals surface area contributed by atoms with Crippen molar-refractivity contribution in [2.75, 3.05) is 31.5 Å². The van der Waals surface area contributed by atoms with Crippen LogP contribution in [0.25, 0.3) is 0 Å². The summed E-state index contributed by atoms with van der Waals surface area (Å²) in [7, 11) is 0. The van der Waals surface area contributed by atoms with Gasteiger partial charge in [0, 0.05) is 37.2 Å². The van der Waals surface area contributed by atoms with E-state index < -0.39 is 0 Å². The van der Waals surface area contributed by atoms with E-state index in [1.54, 1.807) is 0 Å². The summed E-state index contributed by atoms with van der Waals surface area (Å²) in [5.41, 5.74) is 4.03. The van der Waals surface area contributed by atoms with Crippen LogP contribution in [-0.4, -0.2) is 46.9 Å². The molecule has 0 aliphatic carbocycles. The van der Waals surface area contributed by atoms with E-state index in [2.05, 4.69) is 75.9 Å². The van der Waals surface area contributed by atoms with Crippen molar-refractivity contribution < 1.29 is 4.79 Å². The number of hydrogen-bond acceptors (Lipinski definition) is 5. The molecular weight excluding hydrogens is 428 g/mol. The predicted octanol–water partition coefficient (Wildman–Crippen LogP) is 5.43. The van der Waals surface area contributed by atoms with Crippen LogP contribution in [-0.2, 0) is 0 Å². The van der Waals surface area contributed by atoms with Gasteiger partial charge in [0.2, 0.25) is 0 Å². The quantitative estimate of drug-likeness (QED) is 0.422. The fourth-order valence-electron chi connectivity index (χ4n) is 4.30. The maximum atomic E-state index is 13.1. The van der Waals surface area contributed by atoms with E-state index in [-0.39, 0.29) is 11.9 Å². The maximum absolute atomic E-state index is 13.1. The van der Waals surface area contributed by atoms with E-state index in [0.717, 1.165) is 23.9 Å². The average Bonchev–Trinajstić information content (AvgIpc) is 3.35. The number of thiazole rings is 1. The largest absolute Gasteiger partial charge is 0.335 e. The maximum Gasteiger partial charge on any atom is 0.273 e. The Morgan fingerprint density at radius 1 is 0.788 bits per heavy atom. The monoisotopic (exact) mass is 454 g/mol. The van der Waals surface area contributed by atoms with Gasteiger partial charge in [-0.1, -0.05) is 78.9 Å². The molecule has 166 valence electrons. The van der Waals surface area contributed by atoms with Gasteiger partial charge in [0.05, 0.1) is 6.04 Å². The zero-order valence-electron chi connectivity index (χ0n) is 18.3. The highest BCUT2D eigenvalue weighted by Crippen LogP contribution is 2.30. The Balaban J connectivity index is 1.26. The molecule has 1 aromatic heterocycles. The molecule has 3 aromatic carbocycles. The van der Waals surface area contributed by atoms with E-state index in [0.29, 0.717) is 18.8 Å². The Kier molecular flexibility index (Phi) is 6.46. The standard InChI is InChI=1S/C27H26N4OS/c32-26(24-20-33-27(29-24)28-23-14-8-3-9-15-23)31-18-16-30(17-19-31)25(21-10-4-1-5-11-21)22-12-6-2-7-13-22/h1-15,20,25H,16-19H2,(H,28,29). The minimum atomic E-state index is 0.00276. The summed E-state index contributed by atoms with van der Waals surface area (Å²) in [6, 6.07) is 31.3. The number of amides is 1. The summed E-state index contributed by atoms with van der Waals surface area (Å²) in [4.78, 5) is 22.0. The van der Waals surface area contributed by atoms with Gasteiger partial charge in [-0.3, -0.25) is 9.69 Å². The molecule has 2 heterocycles. The van der Waals surface area contributed by atoms with E-state index >= 15 is 0 Å². The number of hydrogen-bond donors (Lipinski definition) is 1. The van der Waals surface area contributed by atoms with Crippen molar-refractivity contribution in [3.05, 3.63) is 113 Å². The highest BCUT2D eigenvalue weighted by atomic mass is 32.1. The lowest BCUT2D eigenvalue weighted by atomic mass is 9.96. The number of nitrogens with one attached hydrogen (secondary N) is 1. The van der Waals surface area contributed by atoms with Gasteiger partial charge in [-0.25, -0.2) is 4.98 Å². The first-order valence-electron chi connectivity index (χ1n) is 11.2. The van der Waals surface area contributed by atoms with Crippen molar-refractivity contribution in [2.45, 2.75) is 6.04 Å². The molecule has 4 aromatic rings. The van der Waals surface area contributed by atoms with Crippen LogP contribution in [0.4, 0.5) is 10.8 Å². The second kappa shape index (κ2) is 9.98. The predicted molar refractivity (Wildman–Crippen MR) is 134 cm³/mol. The number of nitrogens with zero attached hydrogens (tertiary/aromatic N) is 3. The zero-order chi connectivity index (χ0) is 22.5. The molecule has 6 heteroatoms. The Morgan fingerprint density at radius 3 is 1.91 bits per heavy atom. The Hall–Kier alpha value is -3.48. The summed E-state index contributed by atoms with van der Waals surface area (Å²) < 4.78 is 0. The molecule has 5 nitrogen and oxygen atoms in total. The van der Waals surface area contributed by atoms with E-state index in [1.165, 1.54) is 22.5 Å². The lowest BCUT2D eigenvalue weighted by Crippen LogP contribution is -2.50. The first-order chi connectivity index (χ1) is 16.3. The van der Waals surface area contributed by atoms with Crippen LogP contribution in [0.2, 0.25) is 0 Å². The number of para-hydroxylation sites is 1. The van der Waals surface area contributed by atoms with Gasteiger partial charge in [0.25, 0.3) is 5.91 Å². The molecule has 1 saturated heterocycles. The average molecular weight is 455 g/mol. The molecule has 1 amide bonds. The number of carbonyl (C=O) groups excluding carboxylic acids is 1. The summed E-state index contributed by atoms with van der Waals surface area (Å²) in [6.07, 6.45) is 0. The van der Waals surface area contributed by atoms with Crippen molar-refractivity contribution in [2.24, 2.45) is 0 Å². The minimum Gasteiger partial charge on any atom is -0.335 e. The number of carbonyl (C=O) groups is 1. The molecule has 0 unspecified atom stereocenters. The molecule has 1 aliphatic heterocycles. The first-order valence-corrected chi connectivity index (χ1v) is 12.1. The Labute approximate surface area is 198 Å². The third-order valence-corrected chi connectivity index (χ3v) is 6.70. The first kappa shape index (κ1) is 21.4. The van der Waals surface area contributed by atoms with Crippen LogP contribution in [0.15, 0.2) is 96.4 Å². The van der Waals surface area contributed by atoms with Crippen LogP contribution in [0, 0.1) is 0 Å². The third kappa shape index (κ3) is 4.97. The fraction of sp³-hybridized carbons (Fsp3) is 0.185. The lowest BCUT2D eigenvalue weighted by Gasteiger charge is -2.39. The van der Waals surface area contributed by atoms with E-state index in [1.807, 2.05) is 40.6 Å². The molecule has 1 N–H and O–H groups in total. The number of aromatic nitrogens is 1. The third-order valence-electron chi connectivity index (χ3n) is 5.95. The Morgan fingerprint density at radius 2 is 1.33 bits per heavy atom. The molecule has 0 radical (unpaired) electrons. The smallest absolute Gasteiger partial charge is 0.273 e. The number of piperazine rings is 1. The van der Waals surface area contributed by atoms with Gasteiger partial charge in [-0.05, 0) is 23.3 Å². The highest BCUT2D eigenvalue weighted by molar-refractivity contribution is 7.14. The number of rotatable bonds is 6. The molecule has 0 bridgehead atoms.